The molecule has 0 aliphatic heterocycles. The Hall–Kier alpha value is -1.29. The zero-order valence-corrected chi connectivity index (χ0v) is 10.4. The Bertz CT molecular complexity index is 368. The zero-order valence-electron chi connectivity index (χ0n) is 10.4. The highest BCUT2D eigenvalue weighted by atomic mass is 16.1. The van der Waals surface area contributed by atoms with Gasteiger partial charge in [0.2, 0.25) is 5.91 Å². The van der Waals surface area contributed by atoms with Gasteiger partial charge < -0.3 is 15.2 Å². The molecule has 4 heteroatoms. The van der Waals surface area contributed by atoms with Gasteiger partial charge >= 0.3 is 0 Å². The van der Waals surface area contributed by atoms with E-state index in [9.17, 15) is 4.79 Å². The van der Waals surface area contributed by atoms with Gasteiger partial charge in [-0.2, -0.15) is 0 Å². The summed E-state index contributed by atoms with van der Waals surface area (Å²) in [6, 6.07) is 4.64. The molecule has 0 aromatic carbocycles. The van der Waals surface area contributed by atoms with E-state index in [-0.39, 0.29) is 5.91 Å². The lowest BCUT2D eigenvalue weighted by molar-refractivity contribution is -0.121. The molecule has 0 radical (unpaired) electrons. The zero-order chi connectivity index (χ0) is 12.1. The van der Waals surface area contributed by atoms with Crippen LogP contribution in [-0.2, 0) is 17.9 Å². The maximum Gasteiger partial charge on any atom is 0.221 e. The third-order valence-corrected chi connectivity index (χ3v) is 3.04. The van der Waals surface area contributed by atoms with Crippen molar-refractivity contribution >= 4 is 5.91 Å². The van der Waals surface area contributed by atoms with Crippen LogP contribution in [0.15, 0.2) is 18.3 Å². The summed E-state index contributed by atoms with van der Waals surface area (Å²) in [7, 11) is 0. The second-order valence-electron chi connectivity index (χ2n) is 4.55. The number of hydrogen-bond acceptors (Lipinski definition) is 2. The molecule has 1 aliphatic rings. The molecule has 1 aromatic heterocycles. The first-order chi connectivity index (χ1) is 8.29. The molecule has 2 N–H and O–H groups in total. The molecule has 1 aliphatic carbocycles. The monoisotopic (exact) mass is 235 g/mol. The van der Waals surface area contributed by atoms with Crippen molar-refractivity contribution in [1.29, 1.82) is 0 Å². The number of hydrogen-bond donors (Lipinski definition) is 2. The molecule has 1 aromatic rings. The van der Waals surface area contributed by atoms with Crippen LogP contribution in [0.4, 0.5) is 0 Å². The highest BCUT2D eigenvalue weighted by molar-refractivity contribution is 5.76. The molecular weight excluding hydrogens is 214 g/mol. The largest absolute Gasteiger partial charge is 0.353 e. The van der Waals surface area contributed by atoms with E-state index in [4.69, 9.17) is 0 Å². The van der Waals surface area contributed by atoms with Crippen molar-refractivity contribution in [3.63, 3.8) is 0 Å². The highest BCUT2D eigenvalue weighted by Gasteiger charge is 2.22. The number of aryl methyl sites for hydroxylation is 1. The van der Waals surface area contributed by atoms with Gasteiger partial charge in [0.25, 0.3) is 0 Å². The third kappa shape index (κ3) is 3.89. The van der Waals surface area contributed by atoms with Gasteiger partial charge in [-0.3, -0.25) is 4.79 Å². The molecule has 17 heavy (non-hydrogen) atoms. The molecule has 0 saturated heterocycles. The van der Waals surface area contributed by atoms with Crippen molar-refractivity contribution in [3.05, 3.63) is 24.0 Å². The van der Waals surface area contributed by atoms with Crippen molar-refractivity contribution in [2.45, 2.75) is 45.3 Å². The van der Waals surface area contributed by atoms with Gasteiger partial charge in [0, 0.05) is 44.0 Å². The van der Waals surface area contributed by atoms with E-state index in [1.165, 1.54) is 5.69 Å². The molecule has 1 amide bonds. The van der Waals surface area contributed by atoms with Gasteiger partial charge in [-0.1, -0.05) is 0 Å². The van der Waals surface area contributed by atoms with Gasteiger partial charge in [0.05, 0.1) is 0 Å². The highest BCUT2D eigenvalue weighted by Crippen LogP contribution is 2.18. The summed E-state index contributed by atoms with van der Waals surface area (Å²) in [5, 5.41) is 6.29. The number of carbonyl (C=O) groups is 1. The first kappa shape index (κ1) is 12.2. The minimum Gasteiger partial charge on any atom is -0.353 e. The molecule has 0 unspecified atom stereocenters. The van der Waals surface area contributed by atoms with Gasteiger partial charge in [-0.15, -0.1) is 0 Å². The van der Waals surface area contributed by atoms with E-state index in [1.54, 1.807) is 0 Å². The Morgan fingerprint density at radius 1 is 1.53 bits per heavy atom. The van der Waals surface area contributed by atoms with E-state index in [1.807, 2.05) is 0 Å². The van der Waals surface area contributed by atoms with Gasteiger partial charge in [0.15, 0.2) is 0 Å². The van der Waals surface area contributed by atoms with Crippen LogP contribution in [0, 0.1) is 0 Å². The summed E-state index contributed by atoms with van der Waals surface area (Å²) in [6.07, 6.45) is 4.96. The smallest absolute Gasteiger partial charge is 0.221 e. The molecule has 1 fully saturated rings. The van der Waals surface area contributed by atoms with Crippen LogP contribution < -0.4 is 10.6 Å². The van der Waals surface area contributed by atoms with E-state index in [0.717, 1.165) is 32.5 Å². The van der Waals surface area contributed by atoms with Gasteiger partial charge in [-0.25, -0.2) is 0 Å². The summed E-state index contributed by atoms with van der Waals surface area (Å²) in [4.78, 5) is 11.4. The standard InChI is InChI=1S/C13H21N3O/c1-2-16-9-3-4-12(16)10-14-8-7-13(17)15-11-5-6-11/h3-4,9,11,14H,2,5-8,10H2,1H3,(H,15,17). The number of nitrogens with one attached hydrogen (secondary N) is 2. The molecule has 1 saturated carbocycles. The predicted molar refractivity (Wildman–Crippen MR) is 67.6 cm³/mol. The summed E-state index contributed by atoms with van der Waals surface area (Å²) >= 11 is 0. The lowest BCUT2D eigenvalue weighted by Gasteiger charge is -2.08. The fraction of sp³-hybridized carbons (Fsp3) is 0.615. The predicted octanol–water partition coefficient (Wildman–Crippen LogP) is 1.27. The maximum atomic E-state index is 11.4. The molecule has 2 rings (SSSR count). The third-order valence-electron chi connectivity index (χ3n) is 3.04. The summed E-state index contributed by atoms with van der Waals surface area (Å²) in [5.41, 5.74) is 1.27. The van der Waals surface area contributed by atoms with Crippen LogP contribution in [0.5, 0.6) is 0 Å². The van der Waals surface area contributed by atoms with Crippen molar-refractivity contribution in [1.82, 2.24) is 15.2 Å². The Labute approximate surface area is 102 Å². The number of aromatic nitrogens is 1. The topological polar surface area (TPSA) is 46.1 Å². The Balaban J connectivity index is 1.60. The Morgan fingerprint density at radius 3 is 3.06 bits per heavy atom. The summed E-state index contributed by atoms with van der Waals surface area (Å²) in [5.74, 6) is 0.172. The second kappa shape index (κ2) is 5.87. The van der Waals surface area contributed by atoms with Crippen molar-refractivity contribution in [3.8, 4) is 0 Å². The molecule has 0 spiro atoms. The van der Waals surface area contributed by atoms with Crippen molar-refractivity contribution in [2.24, 2.45) is 0 Å². The van der Waals surface area contributed by atoms with Crippen LogP contribution in [0.2, 0.25) is 0 Å². The van der Waals surface area contributed by atoms with Crippen LogP contribution in [0.25, 0.3) is 0 Å². The SMILES string of the molecule is CCn1cccc1CNCCC(=O)NC1CC1. The molecule has 0 atom stereocenters. The quantitative estimate of drug-likeness (QED) is 0.699. The lowest BCUT2D eigenvalue weighted by Crippen LogP contribution is -2.29. The maximum absolute atomic E-state index is 11.4. The van der Waals surface area contributed by atoms with Crippen LogP contribution in [0.1, 0.15) is 31.9 Å². The minimum absolute atomic E-state index is 0.172. The average molecular weight is 235 g/mol. The number of rotatable bonds is 7. The van der Waals surface area contributed by atoms with Gasteiger partial charge in [0.1, 0.15) is 0 Å². The minimum atomic E-state index is 0.172. The Kier molecular flexibility index (Phi) is 4.20. The molecular formula is C13H21N3O. The molecule has 94 valence electrons. The summed E-state index contributed by atoms with van der Waals surface area (Å²) in [6.45, 7) is 4.70. The first-order valence-corrected chi connectivity index (χ1v) is 6.43. The molecule has 4 nitrogen and oxygen atoms in total. The van der Waals surface area contributed by atoms with Crippen molar-refractivity contribution < 1.29 is 4.79 Å². The van der Waals surface area contributed by atoms with Crippen LogP contribution >= 0.6 is 0 Å². The van der Waals surface area contributed by atoms with E-state index in [0.29, 0.717) is 12.5 Å². The lowest BCUT2D eigenvalue weighted by atomic mass is 10.3. The Morgan fingerprint density at radius 2 is 2.35 bits per heavy atom. The fourth-order valence-electron chi connectivity index (χ4n) is 1.86. The second-order valence-corrected chi connectivity index (χ2v) is 4.55. The fourth-order valence-corrected chi connectivity index (χ4v) is 1.86. The average Bonchev–Trinajstić information content (AvgIpc) is 3.01. The molecule has 0 bridgehead atoms. The summed E-state index contributed by atoms with van der Waals surface area (Å²) < 4.78 is 2.21. The normalized spacial score (nSPS) is 14.9. The number of amides is 1. The van der Waals surface area contributed by atoms with E-state index in [2.05, 4.69) is 40.5 Å². The molecule has 1 heterocycles. The number of carbonyl (C=O) groups excluding carboxylic acids is 1. The van der Waals surface area contributed by atoms with E-state index >= 15 is 0 Å². The van der Waals surface area contributed by atoms with Crippen LogP contribution in [-0.4, -0.2) is 23.1 Å². The number of nitrogens with zero attached hydrogens (tertiary/aromatic N) is 1. The first-order valence-electron chi connectivity index (χ1n) is 6.43. The van der Waals surface area contributed by atoms with Crippen molar-refractivity contribution in [2.75, 3.05) is 6.54 Å². The van der Waals surface area contributed by atoms with Gasteiger partial charge in [-0.05, 0) is 31.9 Å². The van der Waals surface area contributed by atoms with Crippen LogP contribution in [0.3, 0.4) is 0 Å². The van der Waals surface area contributed by atoms with E-state index < -0.39 is 0 Å².